The summed E-state index contributed by atoms with van der Waals surface area (Å²) < 4.78 is 5.44. The van der Waals surface area contributed by atoms with Crippen molar-refractivity contribution in [1.82, 2.24) is 5.32 Å². The van der Waals surface area contributed by atoms with Gasteiger partial charge in [-0.2, -0.15) is 0 Å². The molecule has 0 saturated carbocycles. The first-order chi connectivity index (χ1) is 4.34. The highest BCUT2D eigenvalue weighted by Crippen LogP contribution is 2.18. The van der Waals surface area contributed by atoms with Gasteiger partial charge in [0.05, 0.1) is 6.10 Å². The Morgan fingerprint density at radius 2 is 2.44 bits per heavy atom. The zero-order valence-corrected chi connectivity index (χ0v) is 6.18. The van der Waals surface area contributed by atoms with Gasteiger partial charge in [0.15, 0.2) is 0 Å². The van der Waals surface area contributed by atoms with E-state index in [0.29, 0.717) is 6.10 Å². The fraction of sp³-hybridized carbons (Fsp3) is 1.00. The first-order valence-electron chi connectivity index (χ1n) is 3.61. The average molecular weight is 129 g/mol. The normalized spacial score (nSPS) is 35.3. The van der Waals surface area contributed by atoms with Gasteiger partial charge in [-0.1, -0.05) is 6.92 Å². The zero-order chi connectivity index (χ0) is 6.69. The highest BCUT2D eigenvalue weighted by molar-refractivity contribution is 4.73. The van der Waals surface area contributed by atoms with Crippen molar-refractivity contribution in [1.29, 1.82) is 0 Å². The van der Waals surface area contributed by atoms with Gasteiger partial charge in [0.1, 0.15) is 0 Å². The quantitative estimate of drug-likeness (QED) is 0.590. The Labute approximate surface area is 56.6 Å². The number of rotatable bonds is 2. The van der Waals surface area contributed by atoms with Crippen LogP contribution in [-0.4, -0.2) is 26.3 Å². The van der Waals surface area contributed by atoms with E-state index >= 15 is 0 Å². The summed E-state index contributed by atoms with van der Waals surface area (Å²) in [5.41, 5.74) is 0. The second-order valence-electron chi connectivity index (χ2n) is 2.73. The topological polar surface area (TPSA) is 21.3 Å². The third kappa shape index (κ3) is 1.66. The van der Waals surface area contributed by atoms with Crippen LogP contribution in [0.2, 0.25) is 0 Å². The monoisotopic (exact) mass is 129 g/mol. The van der Waals surface area contributed by atoms with Crippen LogP contribution in [0, 0.1) is 5.92 Å². The summed E-state index contributed by atoms with van der Waals surface area (Å²) >= 11 is 0. The van der Waals surface area contributed by atoms with Gasteiger partial charge in [0, 0.05) is 13.2 Å². The van der Waals surface area contributed by atoms with Crippen molar-refractivity contribution >= 4 is 0 Å². The first-order valence-corrected chi connectivity index (χ1v) is 3.61. The summed E-state index contributed by atoms with van der Waals surface area (Å²) in [5.74, 6) is 0.748. The molecule has 0 amide bonds. The molecule has 2 heteroatoms. The summed E-state index contributed by atoms with van der Waals surface area (Å²) in [5, 5.41) is 3.12. The van der Waals surface area contributed by atoms with Gasteiger partial charge in [0.2, 0.25) is 0 Å². The molecule has 0 spiro atoms. The third-order valence-corrected chi connectivity index (χ3v) is 1.95. The SMILES string of the molecule is CNC[C@@H]1OCC[C@@H]1C. The Morgan fingerprint density at radius 1 is 1.67 bits per heavy atom. The minimum Gasteiger partial charge on any atom is -0.377 e. The molecular weight excluding hydrogens is 114 g/mol. The van der Waals surface area contributed by atoms with E-state index < -0.39 is 0 Å². The second-order valence-corrected chi connectivity index (χ2v) is 2.73. The van der Waals surface area contributed by atoms with Crippen LogP contribution in [0.5, 0.6) is 0 Å². The van der Waals surface area contributed by atoms with Crippen LogP contribution in [-0.2, 0) is 4.74 Å². The molecule has 0 radical (unpaired) electrons. The molecule has 2 atom stereocenters. The summed E-state index contributed by atoms with van der Waals surface area (Å²) in [7, 11) is 1.97. The number of hydrogen-bond acceptors (Lipinski definition) is 2. The lowest BCUT2D eigenvalue weighted by molar-refractivity contribution is 0.0951. The smallest absolute Gasteiger partial charge is 0.0725 e. The van der Waals surface area contributed by atoms with Crippen LogP contribution in [0.1, 0.15) is 13.3 Å². The highest BCUT2D eigenvalue weighted by Gasteiger charge is 2.22. The number of hydrogen-bond donors (Lipinski definition) is 1. The van der Waals surface area contributed by atoms with E-state index in [-0.39, 0.29) is 0 Å². The molecule has 1 fully saturated rings. The second kappa shape index (κ2) is 3.18. The fourth-order valence-corrected chi connectivity index (χ4v) is 1.22. The molecule has 1 heterocycles. The van der Waals surface area contributed by atoms with Crippen molar-refractivity contribution in [2.45, 2.75) is 19.4 Å². The first kappa shape index (κ1) is 7.03. The maximum absolute atomic E-state index is 5.44. The molecule has 1 saturated heterocycles. The van der Waals surface area contributed by atoms with E-state index in [1.54, 1.807) is 0 Å². The Kier molecular flexibility index (Phi) is 2.49. The van der Waals surface area contributed by atoms with Crippen LogP contribution < -0.4 is 5.32 Å². The molecule has 0 aromatic carbocycles. The summed E-state index contributed by atoms with van der Waals surface area (Å²) in [6.45, 7) is 4.20. The Hall–Kier alpha value is -0.0800. The molecule has 9 heavy (non-hydrogen) atoms. The van der Waals surface area contributed by atoms with Crippen molar-refractivity contribution in [2.24, 2.45) is 5.92 Å². The predicted molar refractivity (Wildman–Crippen MR) is 37.4 cm³/mol. The highest BCUT2D eigenvalue weighted by atomic mass is 16.5. The molecule has 0 aliphatic carbocycles. The molecule has 1 N–H and O–H groups in total. The lowest BCUT2D eigenvalue weighted by Crippen LogP contribution is -2.27. The molecular formula is C7H15NO. The predicted octanol–water partition coefficient (Wildman–Crippen LogP) is 0.631. The lowest BCUT2D eigenvalue weighted by Gasteiger charge is -2.12. The van der Waals surface area contributed by atoms with E-state index in [9.17, 15) is 0 Å². The fourth-order valence-electron chi connectivity index (χ4n) is 1.22. The van der Waals surface area contributed by atoms with E-state index in [4.69, 9.17) is 4.74 Å². The van der Waals surface area contributed by atoms with Crippen molar-refractivity contribution in [3.8, 4) is 0 Å². The van der Waals surface area contributed by atoms with Gasteiger partial charge >= 0.3 is 0 Å². The minimum atomic E-state index is 0.468. The zero-order valence-electron chi connectivity index (χ0n) is 6.18. The maximum Gasteiger partial charge on any atom is 0.0725 e. The number of likely N-dealkylation sites (N-methyl/N-ethyl adjacent to an activating group) is 1. The maximum atomic E-state index is 5.44. The van der Waals surface area contributed by atoms with Gasteiger partial charge in [-0.05, 0) is 19.4 Å². The van der Waals surface area contributed by atoms with Gasteiger partial charge in [-0.3, -0.25) is 0 Å². The van der Waals surface area contributed by atoms with Crippen LogP contribution >= 0.6 is 0 Å². The Bertz CT molecular complexity index is 85.0. The number of nitrogens with one attached hydrogen (secondary N) is 1. The molecule has 1 aliphatic heterocycles. The van der Waals surface area contributed by atoms with Gasteiger partial charge in [0.25, 0.3) is 0 Å². The molecule has 0 aromatic rings. The van der Waals surface area contributed by atoms with Crippen LogP contribution in [0.25, 0.3) is 0 Å². The molecule has 0 bridgehead atoms. The molecule has 0 unspecified atom stereocenters. The van der Waals surface area contributed by atoms with E-state index in [1.807, 2.05) is 7.05 Å². The third-order valence-electron chi connectivity index (χ3n) is 1.95. The van der Waals surface area contributed by atoms with Crippen molar-refractivity contribution in [2.75, 3.05) is 20.2 Å². The van der Waals surface area contributed by atoms with E-state index in [1.165, 1.54) is 6.42 Å². The Balaban J connectivity index is 2.22. The van der Waals surface area contributed by atoms with Crippen molar-refractivity contribution in [3.05, 3.63) is 0 Å². The largest absolute Gasteiger partial charge is 0.377 e. The van der Waals surface area contributed by atoms with Crippen LogP contribution in [0.15, 0.2) is 0 Å². The van der Waals surface area contributed by atoms with E-state index in [2.05, 4.69) is 12.2 Å². The van der Waals surface area contributed by atoms with Crippen LogP contribution in [0.4, 0.5) is 0 Å². The molecule has 1 aliphatic rings. The molecule has 54 valence electrons. The molecule has 2 nitrogen and oxygen atoms in total. The van der Waals surface area contributed by atoms with Gasteiger partial charge in [-0.15, -0.1) is 0 Å². The standard InChI is InChI=1S/C7H15NO/c1-6-3-4-9-7(6)5-8-2/h6-8H,3-5H2,1-2H3/t6-,7-/m0/s1. The van der Waals surface area contributed by atoms with Crippen molar-refractivity contribution in [3.63, 3.8) is 0 Å². The molecule has 0 aromatic heterocycles. The lowest BCUT2D eigenvalue weighted by atomic mass is 10.0. The van der Waals surface area contributed by atoms with Crippen molar-refractivity contribution < 1.29 is 4.74 Å². The summed E-state index contributed by atoms with van der Waals surface area (Å²) in [6, 6.07) is 0. The summed E-state index contributed by atoms with van der Waals surface area (Å²) in [4.78, 5) is 0. The van der Waals surface area contributed by atoms with Gasteiger partial charge in [-0.25, -0.2) is 0 Å². The Morgan fingerprint density at radius 3 is 2.89 bits per heavy atom. The minimum absolute atomic E-state index is 0.468. The number of ether oxygens (including phenoxy) is 1. The van der Waals surface area contributed by atoms with Gasteiger partial charge < -0.3 is 10.1 Å². The van der Waals surface area contributed by atoms with E-state index in [0.717, 1.165) is 19.1 Å². The summed E-state index contributed by atoms with van der Waals surface area (Å²) in [6.07, 6.45) is 1.70. The molecule has 1 rings (SSSR count). The average Bonchev–Trinajstić information content (AvgIpc) is 2.18. The van der Waals surface area contributed by atoms with Crippen LogP contribution in [0.3, 0.4) is 0 Å².